The van der Waals surface area contributed by atoms with E-state index in [1.54, 1.807) is 6.20 Å². The highest BCUT2D eigenvalue weighted by Crippen LogP contribution is 2.22. The number of imidazole rings is 1. The molecular weight excluding hydrogens is 328 g/mol. The summed E-state index contributed by atoms with van der Waals surface area (Å²) in [6.07, 6.45) is 6.18. The van der Waals surface area contributed by atoms with E-state index in [0.717, 1.165) is 29.6 Å². The van der Waals surface area contributed by atoms with Gasteiger partial charge in [0.2, 0.25) is 0 Å². The molecule has 1 aliphatic heterocycles. The number of carbonyl (C=O) groups is 1. The molecule has 3 heterocycles. The van der Waals surface area contributed by atoms with E-state index in [1.165, 1.54) is 0 Å². The normalized spacial score (nSPS) is 17.1. The van der Waals surface area contributed by atoms with Crippen molar-refractivity contribution in [1.82, 2.24) is 19.4 Å². The van der Waals surface area contributed by atoms with Gasteiger partial charge in [0.05, 0.1) is 42.3 Å². The molecular formula is C20H22N4O2. The molecule has 1 aliphatic rings. The molecule has 0 unspecified atom stereocenters. The van der Waals surface area contributed by atoms with E-state index >= 15 is 0 Å². The third-order valence-electron chi connectivity index (χ3n) is 4.89. The minimum absolute atomic E-state index is 0.0115. The van der Waals surface area contributed by atoms with Crippen molar-refractivity contribution in [2.75, 3.05) is 13.2 Å². The summed E-state index contributed by atoms with van der Waals surface area (Å²) in [4.78, 5) is 23.9. The summed E-state index contributed by atoms with van der Waals surface area (Å²) < 4.78 is 7.77. The Bertz CT molecular complexity index is 921. The fraction of sp³-hybridized carbons (Fsp3) is 0.350. The molecule has 0 N–H and O–H groups in total. The lowest BCUT2D eigenvalue weighted by Crippen LogP contribution is -2.42. The number of carbonyl (C=O) groups excluding carboxylic acids is 1. The van der Waals surface area contributed by atoms with Crippen LogP contribution in [-0.2, 0) is 17.8 Å². The van der Waals surface area contributed by atoms with Crippen LogP contribution in [-0.4, -0.2) is 44.6 Å². The van der Waals surface area contributed by atoms with Crippen LogP contribution in [0.25, 0.3) is 10.9 Å². The lowest BCUT2D eigenvalue weighted by molar-refractivity contribution is 0.0422. The van der Waals surface area contributed by atoms with Crippen LogP contribution in [0.5, 0.6) is 0 Å². The maximum atomic E-state index is 13.3. The Morgan fingerprint density at radius 3 is 3.08 bits per heavy atom. The van der Waals surface area contributed by atoms with Crippen LogP contribution in [0.1, 0.15) is 29.4 Å². The highest BCUT2D eigenvalue weighted by molar-refractivity contribution is 5.97. The summed E-state index contributed by atoms with van der Waals surface area (Å²) in [6.45, 7) is 4.53. The molecule has 0 bridgehead atoms. The monoisotopic (exact) mass is 350 g/mol. The van der Waals surface area contributed by atoms with Crippen molar-refractivity contribution in [1.29, 1.82) is 0 Å². The van der Waals surface area contributed by atoms with Crippen LogP contribution < -0.4 is 0 Å². The predicted octanol–water partition coefficient (Wildman–Crippen LogP) is 2.88. The predicted molar refractivity (Wildman–Crippen MR) is 98.7 cm³/mol. The number of aryl methyl sites for hydroxylation is 1. The third kappa shape index (κ3) is 3.20. The third-order valence-corrected chi connectivity index (χ3v) is 4.89. The molecule has 0 aliphatic carbocycles. The molecule has 1 atom stereocenters. The van der Waals surface area contributed by atoms with Crippen molar-refractivity contribution in [2.24, 2.45) is 0 Å². The smallest absolute Gasteiger partial charge is 0.256 e. The molecule has 3 aromatic rings. The van der Waals surface area contributed by atoms with E-state index in [2.05, 4.69) is 14.5 Å². The van der Waals surface area contributed by atoms with Crippen LogP contribution in [0.3, 0.4) is 0 Å². The first kappa shape index (κ1) is 16.7. The van der Waals surface area contributed by atoms with Crippen molar-refractivity contribution < 1.29 is 9.53 Å². The number of nitrogens with zero attached hydrogens (tertiary/aromatic N) is 4. The molecule has 1 amide bonds. The van der Waals surface area contributed by atoms with Crippen LogP contribution in [0.15, 0.2) is 49.1 Å². The second-order valence-electron chi connectivity index (χ2n) is 6.53. The van der Waals surface area contributed by atoms with Crippen LogP contribution >= 0.6 is 0 Å². The molecule has 134 valence electrons. The van der Waals surface area contributed by atoms with Gasteiger partial charge in [0.15, 0.2) is 0 Å². The van der Waals surface area contributed by atoms with Gasteiger partial charge < -0.3 is 14.2 Å². The van der Waals surface area contributed by atoms with Crippen molar-refractivity contribution in [3.8, 4) is 0 Å². The van der Waals surface area contributed by atoms with Gasteiger partial charge in [-0.3, -0.25) is 9.78 Å². The Kier molecular flexibility index (Phi) is 4.67. The first-order chi connectivity index (χ1) is 12.8. The highest BCUT2D eigenvalue weighted by atomic mass is 16.5. The van der Waals surface area contributed by atoms with E-state index in [9.17, 15) is 4.79 Å². The van der Waals surface area contributed by atoms with Gasteiger partial charge in [-0.05, 0) is 25.5 Å². The Balaban J connectivity index is 1.66. The summed E-state index contributed by atoms with van der Waals surface area (Å²) >= 11 is 0. The summed E-state index contributed by atoms with van der Waals surface area (Å²) in [7, 11) is 0. The first-order valence-electron chi connectivity index (χ1n) is 8.98. The van der Waals surface area contributed by atoms with Gasteiger partial charge in [0.25, 0.3) is 5.91 Å². The standard InChI is InChI=1S/C20H22N4O2/c1-2-26-13-17-7-8-23-14-21-11-18(23)12-24(17)20(25)16-9-15-5-3-4-6-19(15)22-10-16/h3-6,9-11,14,17H,2,7-8,12-13H2,1H3/t17-/m0/s1. The SMILES string of the molecule is CCOC[C@@H]1CCn2cncc2CN1C(=O)c1cnc2ccccc2c1. The molecule has 2 aromatic heterocycles. The summed E-state index contributed by atoms with van der Waals surface area (Å²) in [5, 5.41) is 0.972. The molecule has 6 nitrogen and oxygen atoms in total. The molecule has 1 aromatic carbocycles. The summed E-state index contributed by atoms with van der Waals surface area (Å²) in [5.74, 6) is -0.0115. The van der Waals surface area contributed by atoms with E-state index < -0.39 is 0 Å². The average molecular weight is 350 g/mol. The molecule has 0 saturated heterocycles. The number of aromatic nitrogens is 3. The second kappa shape index (κ2) is 7.25. The van der Waals surface area contributed by atoms with Crippen molar-refractivity contribution in [3.05, 3.63) is 60.3 Å². The lowest BCUT2D eigenvalue weighted by Gasteiger charge is -2.29. The number of para-hydroxylation sites is 1. The average Bonchev–Trinajstić information content (AvgIpc) is 3.05. The van der Waals surface area contributed by atoms with Gasteiger partial charge in [-0.15, -0.1) is 0 Å². The number of ether oxygens (including phenoxy) is 1. The van der Waals surface area contributed by atoms with Gasteiger partial charge in [-0.1, -0.05) is 18.2 Å². The van der Waals surface area contributed by atoms with Gasteiger partial charge in [-0.2, -0.15) is 0 Å². The molecule has 6 heteroatoms. The zero-order valence-corrected chi connectivity index (χ0v) is 14.8. The first-order valence-corrected chi connectivity index (χ1v) is 8.98. The maximum Gasteiger partial charge on any atom is 0.256 e. The molecule has 0 spiro atoms. The lowest BCUT2D eigenvalue weighted by atomic mass is 10.1. The zero-order valence-electron chi connectivity index (χ0n) is 14.8. The fourth-order valence-electron chi connectivity index (χ4n) is 3.45. The van der Waals surface area contributed by atoms with Crippen molar-refractivity contribution in [2.45, 2.75) is 32.5 Å². The number of fused-ring (bicyclic) bond motifs is 2. The van der Waals surface area contributed by atoms with Gasteiger partial charge in [-0.25, -0.2) is 4.98 Å². The van der Waals surface area contributed by atoms with E-state index in [4.69, 9.17) is 4.74 Å². The molecule has 26 heavy (non-hydrogen) atoms. The largest absolute Gasteiger partial charge is 0.380 e. The minimum Gasteiger partial charge on any atom is -0.380 e. The van der Waals surface area contributed by atoms with Crippen LogP contribution in [0, 0.1) is 0 Å². The molecule has 0 saturated carbocycles. The van der Waals surface area contributed by atoms with Gasteiger partial charge in [0, 0.05) is 30.9 Å². The Morgan fingerprint density at radius 1 is 1.31 bits per heavy atom. The number of rotatable bonds is 4. The number of pyridine rings is 1. The Hall–Kier alpha value is -2.73. The number of benzene rings is 1. The van der Waals surface area contributed by atoms with Crippen LogP contribution in [0.4, 0.5) is 0 Å². The number of hydrogen-bond donors (Lipinski definition) is 0. The topological polar surface area (TPSA) is 60.2 Å². The Labute approximate surface area is 152 Å². The van der Waals surface area contributed by atoms with Crippen LogP contribution in [0.2, 0.25) is 0 Å². The highest BCUT2D eigenvalue weighted by Gasteiger charge is 2.29. The van der Waals surface area contributed by atoms with Crippen molar-refractivity contribution in [3.63, 3.8) is 0 Å². The van der Waals surface area contributed by atoms with Gasteiger partial charge in [0.1, 0.15) is 0 Å². The number of hydrogen-bond acceptors (Lipinski definition) is 4. The van der Waals surface area contributed by atoms with Gasteiger partial charge >= 0.3 is 0 Å². The van der Waals surface area contributed by atoms with E-state index in [-0.39, 0.29) is 11.9 Å². The summed E-state index contributed by atoms with van der Waals surface area (Å²) in [6, 6.07) is 9.80. The zero-order chi connectivity index (χ0) is 17.9. The van der Waals surface area contributed by atoms with E-state index in [1.807, 2.05) is 54.7 Å². The fourth-order valence-corrected chi connectivity index (χ4v) is 3.45. The maximum absolute atomic E-state index is 13.3. The molecule has 0 fully saturated rings. The number of amides is 1. The molecule has 4 rings (SSSR count). The van der Waals surface area contributed by atoms with E-state index in [0.29, 0.717) is 25.3 Å². The minimum atomic E-state index is -0.0115. The molecule has 0 radical (unpaired) electrons. The second-order valence-corrected chi connectivity index (χ2v) is 6.53. The Morgan fingerprint density at radius 2 is 2.19 bits per heavy atom. The summed E-state index contributed by atoms with van der Waals surface area (Å²) in [5.41, 5.74) is 2.55. The quantitative estimate of drug-likeness (QED) is 0.726. The van der Waals surface area contributed by atoms with Crippen molar-refractivity contribution >= 4 is 16.8 Å².